The predicted octanol–water partition coefficient (Wildman–Crippen LogP) is 2.87. The fraction of sp³-hybridized carbons (Fsp3) is 0.280. The van der Waals surface area contributed by atoms with Crippen LogP contribution < -0.4 is 19.9 Å². The van der Waals surface area contributed by atoms with Crippen molar-refractivity contribution in [2.75, 3.05) is 28.3 Å². The molecule has 9 nitrogen and oxygen atoms in total. The van der Waals surface area contributed by atoms with Gasteiger partial charge in [-0.05, 0) is 42.3 Å². The molecule has 34 heavy (non-hydrogen) atoms. The van der Waals surface area contributed by atoms with E-state index in [-0.39, 0.29) is 24.3 Å². The molecule has 2 atom stereocenters. The van der Waals surface area contributed by atoms with Crippen molar-refractivity contribution >= 4 is 34.7 Å². The number of carbonyl (C=O) groups is 2. The van der Waals surface area contributed by atoms with Crippen molar-refractivity contribution in [2.24, 2.45) is 0 Å². The minimum absolute atomic E-state index is 0.0646. The minimum atomic E-state index is -0.605. The molecule has 0 bridgehead atoms. The largest absolute Gasteiger partial charge is 0.474 e. The number of fused-ring (bicyclic) bond motifs is 3. The first-order valence-electron chi connectivity index (χ1n) is 11.3. The number of aromatic nitrogens is 2. The van der Waals surface area contributed by atoms with Gasteiger partial charge in [-0.15, -0.1) is 0 Å². The number of carbonyl (C=O) groups excluding carboxylic acids is 2. The van der Waals surface area contributed by atoms with Crippen molar-refractivity contribution in [3.8, 4) is 17.0 Å². The number of hydrogen-bond acceptors (Lipinski definition) is 7. The van der Waals surface area contributed by atoms with E-state index in [2.05, 4.69) is 15.3 Å². The number of nitrogens with zero attached hydrogens (tertiary/aromatic N) is 4. The zero-order valence-electron chi connectivity index (χ0n) is 18.3. The maximum absolute atomic E-state index is 12.3. The Morgan fingerprint density at radius 2 is 1.82 bits per heavy atom. The Kier molecular flexibility index (Phi) is 4.91. The molecule has 6 rings (SSSR count). The summed E-state index contributed by atoms with van der Waals surface area (Å²) in [6.07, 6.45) is 4.34. The molecule has 0 saturated carbocycles. The van der Waals surface area contributed by atoms with Gasteiger partial charge in [-0.3, -0.25) is 9.59 Å². The Balaban J connectivity index is 1.17. The van der Waals surface area contributed by atoms with E-state index < -0.39 is 6.10 Å². The number of hydrogen-bond donors (Lipinski definition) is 2. The van der Waals surface area contributed by atoms with Crippen LogP contribution in [0.1, 0.15) is 19.3 Å². The molecule has 172 valence electrons. The van der Waals surface area contributed by atoms with Gasteiger partial charge < -0.3 is 25.0 Å². The molecule has 1 aromatic carbocycles. The topological polar surface area (TPSA) is 108 Å². The lowest BCUT2D eigenvalue weighted by molar-refractivity contribution is -0.118. The monoisotopic (exact) mass is 457 g/mol. The van der Waals surface area contributed by atoms with Gasteiger partial charge in [0.2, 0.25) is 17.7 Å². The maximum atomic E-state index is 12.3. The summed E-state index contributed by atoms with van der Waals surface area (Å²) in [4.78, 5) is 36.6. The number of pyridine rings is 2. The number of rotatable bonds is 4. The molecule has 3 aliphatic heterocycles. The summed E-state index contributed by atoms with van der Waals surface area (Å²) in [5.41, 5.74) is 4.11. The summed E-state index contributed by atoms with van der Waals surface area (Å²) in [7, 11) is 0. The number of nitrogens with one attached hydrogen (secondary N) is 1. The molecule has 3 aromatic rings. The second-order valence-electron chi connectivity index (χ2n) is 8.78. The first-order chi connectivity index (χ1) is 16.5. The molecule has 2 N–H and O–H groups in total. The highest BCUT2D eigenvalue weighted by Crippen LogP contribution is 2.39. The molecule has 2 saturated heterocycles. The fourth-order valence-corrected chi connectivity index (χ4v) is 4.76. The quantitative estimate of drug-likeness (QED) is 0.620. The molecule has 0 aliphatic carbocycles. The Labute approximate surface area is 196 Å². The normalized spacial score (nSPS) is 21.3. The molecular weight excluding hydrogens is 434 g/mol. The van der Waals surface area contributed by atoms with E-state index in [1.807, 2.05) is 42.5 Å². The van der Waals surface area contributed by atoms with Crippen molar-refractivity contribution < 1.29 is 19.4 Å². The van der Waals surface area contributed by atoms with Crippen molar-refractivity contribution in [2.45, 2.75) is 31.4 Å². The van der Waals surface area contributed by atoms with Gasteiger partial charge in [-0.25, -0.2) is 9.97 Å². The van der Waals surface area contributed by atoms with Crippen molar-refractivity contribution in [1.29, 1.82) is 0 Å². The summed E-state index contributed by atoms with van der Waals surface area (Å²) >= 11 is 0. The number of benzene rings is 1. The highest BCUT2D eigenvalue weighted by atomic mass is 16.5. The molecule has 2 amide bonds. The van der Waals surface area contributed by atoms with Crippen LogP contribution in [0.4, 0.5) is 22.9 Å². The highest BCUT2D eigenvalue weighted by Gasteiger charge is 2.38. The Morgan fingerprint density at radius 3 is 2.56 bits per heavy atom. The van der Waals surface area contributed by atoms with Gasteiger partial charge in [-0.2, -0.15) is 0 Å². The third-order valence-corrected chi connectivity index (χ3v) is 6.48. The number of anilines is 4. The minimum Gasteiger partial charge on any atom is -0.474 e. The lowest BCUT2D eigenvalue weighted by Gasteiger charge is -2.31. The third kappa shape index (κ3) is 3.63. The van der Waals surface area contributed by atoms with E-state index in [9.17, 15) is 14.7 Å². The maximum Gasteiger partial charge on any atom is 0.238 e. The lowest BCUT2D eigenvalue weighted by atomic mass is 10.1. The molecule has 3 aliphatic rings. The fourth-order valence-electron chi connectivity index (χ4n) is 4.76. The molecule has 2 aromatic heterocycles. The molecular formula is C25H23N5O4. The number of aliphatic hydroxyl groups excluding tert-OH is 1. The van der Waals surface area contributed by atoms with Gasteiger partial charge in [0.1, 0.15) is 18.1 Å². The average molecular weight is 457 g/mol. The molecule has 5 heterocycles. The first-order valence-corrected chi connectivity index (χ1v) is 11.3. The standard InChI is InChI=1S/C25H23N5O4/c31-20-10-24(33)29(13-20)18-4-1-15(2-5-18)16-3-7-22(26-11-16)28-17-9-21-25(27-12-17)34-14-19-6-8-23(32)30(19)21/h1-5,7,9,11-12,19-20,31H,6,8,10,13-14H2,(H,26,28)/t19-,20-/m0/s1. The second-order valence-corrected chi connectivity index (χ2v) is 8.78. The average Bonchev–Trinajstić information content (AvgIpc) is 3.41. The summed E-state index contributed by atoms with van der Waals surface area (Å²) in [6.45, 7) is 0.815. The van der Waals surface area contributed by atoms with Crippen LogP contribution in [0.3, 0.4) is 0 Å². The van der Waals surface area contributed by atoms with Crippen LogP contribution in [-0.4, -0.2) is 52.2 Å². The van der Waals surface area contributed by atoms with Gasteiger partial charge >= 0.3 is 0 Å². The first kappa shape index (κ1) is 20.6. The molecule has 0 unspecified atom stereocenters. The van der Waals surface area contributed by atoms with Crippen LogP contribution in [0.2, 0.25) is 0 Å². The Hall–Kier alpha value is -3.98. The number of aliphatic hydroxyl groups is 1. The van der Waals surface area contributed by atoms with E-state index in [1.165, 1.54) is 0 Å². The van der Waals surface area contributed by atoms with E-state index in [0.29, 0.717) is 37.0 Å². The van der Waals surface area contributed by atoms with Crippen molar-refractivity contribution in [3.05, 3.63) is 54.9 Å². The Bertz CT molecular complexity index is 1260. The van der Waals surface area contributed by atoms with Gasteiger partial charge in [-0.1, -0.05) is 12.1 Å². The smallest absolute Gasteiger partial charge is 0.238 e. The number of β-amino-alcohol motifs (C(OH)–C–C–N with tert-alkyl or cyclic N) is 1. The van der Waals surface area contributed by atoms with Crippen LogP contribution in [0.5, 0.6) is 5.88 Å². The van der Waals surface area contributed by atoms with Crippen LogP contribution in [0.25, 0.3) is 11.1 Å². The van der Waals surface area contributed by atoms with Crippen molar-refractivity contribution in [3.63, 3.8) is 0 Å². The van der Waals surface area contributed by atoms with Gasteiger partial charge in [0.15, 0.2) is 0 Å². The van der Waals surface area contributed by atoms with Gasteiger partial charge in [0, 0.05) is 23.9 Å². The summed E-state index contributed by atoms with van der Waals surface area (Å²) in [6, 6.07) is 13.4. The number of ether oxygens (including phenoxy) is 1. The van der Waals surface area contributed by atoms with Crippen LogP contribution in [0, 0.1) is 0 Å². The van der Waals surface area contributed by atoms with E-state index in [0.717, 1.165) is 28.9 Å². The van der Waals surface area contributed by atoms with Crippen LogP contribution in [-0.2, 0) is 9.59 Å². The summed E-state index contributed by atoms with van der Waals surface area (Å²) in [5.74, 6) is 1.17. The van der Waals surface area contributed by atoms with E-state index in [4.69, 9.17) is 4.74 Å². The number of amides is 2. The van der Waals surface area contributed by atoms with Crippen LogP contribution >= 0.6 is 0 Å². The van der Waals surface area contributed by atoms with Gasteiger partial charge in [0.25, 0.3) is 0 Å². The van der Waals surface area contributed by atoms with Gasteiger partial charge in [0.05, 0.1) is 37.0 Å². The van der Waals surface area contributed by atoms with Crippen molar-refractivity contribution in [1.82, 2.24) is 9.97 Å². The zero-order chi connectivity index (χ0) is 23.2. The predicted molar refractivity (Wildman–Crippen MR) is 126 cm³/mol. The zero-order valence-corrected chi connectivity index (χ0v) is 18.3. The van der Waals surface area contributed by atoms with E-state index >= 15 is 0 Å². The molecule has 9 heteroatoms. The van der Waals surface area contributed by atoms with E-state index in [1.54, 1.807) is 22.2 Å². The second kappa shape index (κ2) is 8.11. The summed E-state index contributed by atoms with van der Waals surface area (Å²) in [5, 5.41) is 12.9. The highest BCUT2D eigenvalue weighted by molar-refractivity contribution is 5.98. The SMILES string of the molecule is O=C1C[C@H](O)CN1c1ccc(-c2ccc(Nc3cnc4c(c3)N3C(=O)CC[C@H]3CO4)nc2)cc1. The lowest BCUT2D eigenvalue weighted by Crippen LogP contribution is -2.40. The third-order valence-electron chi connectivity index (χ3n) is 6.48. The molecule has 2 fully saturated rings. The molecule has 0 spiro atoms. The molecule has 0 radical (unpaired) electrons. The van der Waals surface area contributed by atoms with Crippen LogP contribution in [0.15, 0.2) is 54.9 Å². The summed E-state index contributed by atoms with van der Waals surface area (Å²) < 4.78 is 5.73. The Morgan fingerprint density at radius 1 is 1.00 bits per heavy atom.